The Morgan fingerprint density at radius 2 is 1.48 bits per heavy atom. The lowest BCUT2D eigenvalue weighted by Crippen LogP contribution is -2.16. The van der Waals surface area contributed by atoms with Crippen molar-refractivity contribution in [2.24, 2.45) is 0 Å². The van der Waals surface area contributed by atoms with Crippen LogP contribution in [0.25, 0.3) is 0 Å². The van der Waals surface area contributed by atoms with Gasteiger partial charge in [0.25, 0.3) is 15.9 Å². The molecule has 0 atom stereocenters. The number of benzene rings is 3. The van der Waals surface area contributed by atoms with Crippen LogP contribution in [0.2, 0.25) is 0 Å². The highest BCUT2D eigenvalue weighted by Crippen LogP contribution is 2.24. The standard InChI is InChI=1S/C22H22N2O4S/c1-15-4-7-17(8-5-15)22(25)23-19-9-6-16(2)21(14-19)29(26,27)24-18-10-12-20(28-3)13-11-18/h4-14,24H,1-3H3,(H,23,25). The monoisotopic (exact) mass is 410 g/mol. The van der Waals surface area contributed by atoms with Gasteiger partial charge in [0.15, 0.2) is 0 Å². The molecule has 6 nitrogen and oxygen atoms in total. The van der Waals surface area contributed by atoms with E-state index in [1.807, 2.05) is 19.1 Å². The Morgan fingerprint density at radius 1 is 0.862 bits per heavy atom. The highest BCUT2D eigenvalue weighted by molar-refractivity contribution is 7.92. The summed E-state index contributed by atoms with van der Waals surface area (Å²) in [6, 6.07) is 18.5. The molecule has 0 unspecified atom stereocenters. The molecule has 0 aliphatic heterocycles. The molecule has 0 spiro atoms. The van der Waals surface area contributed by atoms with E-state index in [0.29, 0.717) is 28.3 Å². The smallest absolute Gasteiger partial charge is 0.262 e. The number of amides is 1. The maximum Gasteiger partial charge on any atom is 0.262 e. The van der Waals surface area contributed by atoms with E-state index in [1.165, 1.54) is 6.07 Å². The van der Waals surface area contributed by atoms with Crippen LogP contribution in [0.1, 0.15) is 21.5 Å². The molecular weight excluding hydrogens is 388 g/mol. The fourth-order valence-corrected chi connectivity index (χ4v) is 4.08. The summed E-state index contributed by atoms with van der Waals surface area (Å²) in [5.41, 5.74) is 2.93. The van der Waals surface area contributed by atoms with Gasteiger partial charge in [0, 0.05) is 16.9 Å². The van der Waals surface area contributed by atoms with E-state index in [4.69, 9.17) is 4.74 Å². The predicted octanol–water partition coefficient (Wildman–Crippen LogP) is 4.37. The number of rotatable bonds is 6. The van der Waals surface area contributed by atoms with Crippen molar-refractivity contribution < 1.29 is 17.9 Å². The fraction of sp³-hybridized carbons (Fsp3) is 0.136. The van der Waals surface area contributed by atoms with E-state index in [0.717, 1.165) is 5.56 Å². The maximum atomic E-state index is 12.9. The van der Waals surface area contributed by atoms with Crippen LogP contribution in [-0.4, -0.2) is 21.4 Å². The summed E-state index contributed by atoms with van der Waals surface area (Å²) in [6.45, 7) is 3.64. The van der Waals surface area contributed by atoms with E-state index in [9.17, 15) is 13.2 Å². The molecule has 0 heterocycles. The predicted molar refractivity (Wildman–Crippen MR) is 114 cm³/mol. The van der Waals surface area contributed by atoms with Gasteiger partial charge in [0.1, 0.15) is 5.75 Å². The van der Waals surface area contributed by atoms with Crippen LogP contribution in [0, 0.1) is 13.8 Å². The van der Waals surface area contributed by atoms with E-state index < -0.39 is 10.0 Å². The Morgan fingerprint density at radius 3 is 2.10 bits per heavy atom. The van der Waals surface area contributed by atoms with Crippen LogP contribution < -0.4 is 14.8 Å². The molecular formula is C22H22N2O4S. The minimum absolute atomic E-state index is 0.0926. The molecule has 0 aliphatic carbocycles. The van der Waals surface area contributed by atoms with Crippen molar-refractivity contribution >= 4 is 27.3 Å². The number of hydrogen-bond acceptors (Lipinski definition) is 4. The Hall–Kier alpha value is -3.32. The molecule has 0 radical (unpaired) electrons. The fourth-order valence-electron chi connectivity index (χ4n) is 2.74. The molecule has 0 bridgehead atoms. The topological polar surface area (TPSA) is 84.5 Å². The first-order valence-corrected chi connectivity index (χ1v) is 10.4. The zero-order valence-electron chi connectivity index (χ0n) is 16.4. The number of nitrogens with one attached hydrogen (secondary N) is 2. The van der Waals surface area contributed by atoms with Crippen LogP contribution >= 0.6 is 0 Å². The number of carbonyl (C=O) groups excluding carboxylic acids is 1. The number of ether oxygens (including phenoxy) is 1. The second kappa shape index (κ2) is 8.36. The minimum atomic E-state index is -3.83. The maximum absolute atomic E-state index is 12.9. The van der Waals surface area contributed by atoms with E-state index in [2.05, 4.69) is 10.0 Å². The molecule has 0 fully saturated rings. The summed E-state index contributed by atoms with van der Waals surface area (Å²) in [5, 5.41) is 2.75. The quantitative estimate of drug-likeness (QED) is 0.632. The molecule has 1 amide bonds. The summed E-state index contributed by atoms with van der Waals surface area (Å²) in [6.07, 6.45) is 0. The number of methoxy groups -OCH3 is 1. The minimum Gasteiger partial charge on any atom is -0.497 e. The van der Waals surface area contributed by atoms with Crippen molar-refractivity contribution in [2.45, 2.75) is 18.7 Å². The Balaban J connectivity index is 1.83. The normalized spacial score (nSPS) is 11.0. The third kappa shape index (κ3) is 4.94. The second-order valence-electron chi connectivity index (χ2n) is 6.63. The van der Waals surface area contributed by atoms with Gasteiger partial charge in [0.05, 0.1) is 12.0 Å². The van der Waals surface area contributed by atoms with Gasteiger partial charge in [-0.3, -0.25) is 9.52 Å². The summed E-state index contributed by atoms with van der Waals surface area (Å²) >= 11 is 0. The van der Waals surface area contributed by atoms with Crippen LogP contribution in [0.15, 0.2) is 71.6 Å². The largest absolute Gasteiger partial charge is 0.497 e. The Bertz CT molecular complexity index is 1120. The van der Waals surface area contributed by atoms with Crippen molar-refractivity contribution in [1.82, 2.24) is 0 Å². The molecule has 0 saturated carbocycles. The highest BCUT2D eigenvalue weighted by Gasteiger charge is 2.18. The highest BCUT2D eigenvalue weighted by atomic mass is 32.2. The van der Waals surface area contributed by atoms with Crippen LogP contribution in [0.4, 0.5) is 11.4 Å². The lowest BCUT2D eigenvalue weighted by atomic mass is 10.1. The molecule has 7 heteroatoms. The van der Waals surface area contributed by atoms with Gasteiger partial charge in [-0.15, -0.1) is 0 Å². The summed E-state index contributed by atoms with van der Waals surface area (Å²) in [4.78, 5) is 12.5. The van der Waals surface area contributed by atoms with Gasteiger partial charge in [-0.25, -0.2) is 8.42 Å². The Kier molecular flexibility index (Phi) is 5.89. The van der Waals surface area contributed by atoms with Crippen molar-refractivity contribution in [3.8, 4) is 5.75 Å². The molecule has 29 heavy (non-hydrogen) atoms. The van der Waals surface area contributed by atoms with Gasteiger partial charge in [-0.1, -0.05) is 23.8 Å². The number of aryl methyl sites for hydroxylation is 2. The number of sulfonamides is 1. The third-order valence-electron chi connectivity index (χ3n) is 4.39. The van der Waals surface area contributed by atoms with Gasteiger partial charge in [-0.2, -0.15) is 0 Å². The molecule has 0 aromatic heterocycles. The average molecular weight is 410 g/mol. The van der Waals surface area contributed by atoms with Gasteiger partial charge in [-0.05, 0) is 67.9 Å². The molecule has 0 aliphatic rings. The number of carbonyl (C=O) groups is 1. The van der Waals surface area contributed by atoms with E-state index in [-0.39, 0.29) is 10.8 Å². The number of hydrogen-bond donors (Lipinski definition) is 2. The van der Waals surface area contributed by atoms with Crippen molar-refractivity contribution in [2.75, 3.05) is 17.1 Å². The first-order valence-electron chi connectivity index (χ1n) is 8.94. The van der Waals surface area contributed by atoms with E-state index in [1.54, 1.807) is 62.6 Å². The first-order chi connectivity index (χ1) is 13.8. The zero-order valence-corrected chi connectivity index (χ0v) is 17.2. The SMILES string of the molecule is COc1ccc(NS(=O)(=O)c2cc(NC(=O)c3ccc(C)cc3)ccc2C)cc1. The molecule has 150 valence electrons. The first kappa shape index (κ1) is 20.4. The molecule has 3 aromatic carbocycles. The lowest BCUT2D eigenvalue weighted by molar-refractivity contribution is 0.102. The molecule has 2 N–H and O–H groups in total. The van der Waals surface area contributed by atoms with Crippen LogP contribution in [0.5, 0.6) is 5.75 Å². The number of anilines is 2. The van der Waals surface area contributed by atoms with Crippen LogP contribution in [0.3, 0.4) is 0 Å². The van der Waals surface area contributed by atoms with Gasteiger partial charge < -0.3 is 10.1 Å². The zero-order chi connectivity index (χ0) is 21.0. The summed E-state index contributed by atoms with van der Waals surface area (Å²) in [7, 11) is -2.29. The summed E-state index contributed by atoms with van der Waals surface area (Å²) < 4.78 is 33.4. The molecule has 3 aromatic rings. The van der Waals surface area contributed by atoms with Gasteiger partial charge in [0.2, 0.25) is 0 Å². The lowest BCUT2D eigenvalue weighted by Gasteiger charge is -2.13. The Labute approximate surface area is 170 Å². The van der Waals surface area contributed by atoms with Crippen molar-refractivity contribution in [3.63, 3.8) is 0 Å². The van der Waals surface area contributed by atoms with Crippen molar-refractivity contribution in [3.05, 3.63) is 83.4 Å². The third-order valence-corrected chi connectivity index (χ3v) is 5.91. The molecule has 3 rings (SSSR count). The average Bonchev–Trinajstić information content (AvgIpc) is 2.70. The van der Waals surface area contributed by atoms with Crippen LogP contribution in [-0.2, 0) is 10.0 Å². The summed E-state index contributed by atoms with van der Waals surface area (Å²) in [5.74, 6) is 0.324. The van der Waals surface area contributed by atoms with Crippen molar-refractivity contribution in [1.29, 1.82) is 0 Å². The second-order valence-corrected chi connectivity index (χ2v) is 8.29. The van der Waals surface area contributed by atoms with E-state index >= 15 is 0 Å². The van der Waals surface area contributed by atoms with Gasteiger partial charge >= 0.3 is 0 Å². The molecule has 0 saturated heterocycles.